The van der Waals surface area contributed by atoms with E-state index < -0.39 is 10.2 Å². The average Bonchev–Trinajstić information content (AvgIpc) is 3.04. The molecule has 0 amide bonds. The number of hydrogen-bond donors (Lipinski definition) is 1. The average molecular weight is 368 g/mol. The van der Waals surface area contributed by atoms with Crippen LogP contribution in [0.3, 0.4) is 0 Å². The van der Waals surface area contributed by atoms with E-state index in [1.54, 1.807) is 19.2 Å². The second kappa shape index (κ2) is 8.55. The highest BCUT2D eigenvalue weighted by Gasteiger charge is 2.23. The van der Waals surface area contributed by atoms with Crippen molar-refractivity contribution in [1.82, 2.24) is 18.8 Å². The Balaban J connectivity index is 1.92. The molecule has 0 saturated carbocycles. The molecule has 1 heterocycles. The zero-order valence-corrected chi connectivity index (χ0v) is 15.7. The van der Waals surface area contributed by atoms with Gasteiger partial charge in [-0.1, -0.05) is 26.0 Å². The smallest absolute Gasteiger partial charge is 0.281 e. The number of halogens is 1. The van der Waals surface area contributed by atoms with Crippen LogP contribution in [-0.2, 0) is 16.6 Å². The minimum absolute atomic E-state index is 0.301. The lowest BCUT2D eigenvalue weighted by molar-refractivity contribution is 0.374. The maximum Gasteiger partial charge on any atom is 0.281 e. The van der Waals surface area contributed by atoms with E-state index in [1.807, 2.05) is 19.9 Å². The lowest BCUT2D eigenvalue weighted by Crippen LogP contribution is -2.42. The maximum absolute atomic E-state index is 13.3. The number of rotatable bonds is 9. The normalized spacial score (nSPS) is 12.2. The number of aromatic nitrogens is 2. The highest BCUT2D eigenvalue weighted by molar-refractivity contribution is 7.86. The second-order valence-electron chi connectivity index (χ2n) is 5.81. The van der Waals surface area contributed by atoms with E-state index in [4.69, 9.17) is 0 Å². The van der Waals surface area contributed by atoms with Crippen molar-refractivity contribution in [2.45, 2.75) is 26.7 Å². The summed E-state index contributed by atoms with van der Waals surface area (Å²) in [5.74, 6) is -0.301. The Kier molecular flexibility index (Phi) is 6.69. The standard InChI is InChI=1S/C17H25FN4O2S/c1-4-22(5-2)25(23,24)21(3)11-7-10-16-13-17(20-19-16)14-8-6-9-15(18)12-14/h6,8-9,12-13H,4-5,7,10-11H2,1-3H3,(H,19,20). The second-order valence-corrected chi connectivity index (χ2v) is 7.84. The molecule has 2 rings (SSSR count). The molecule has 0 spiro atoms. The fraction of sp³-hybridized carbons (Fsp3) is 0.471. The number of nitrogens with zero attached hydrogens (tertiary/aromatic N) is 3. The Hall–Kier alpha value is -1.77. The molecule has 0 aliphatic heterocycles. The zero-order valence-electron chi connectivity index (χ0n) is 14.9. The van der Waals surface area contributed by atoms with Crippen molar-refractivity contribution in [3.05, 3.63) is 41.8 Å². The SMILES string of the molecule is CCN(CC)S(=O)(=O)N(C)CCCc1cc(-c2cccc(F)c2)n[nH]1. The van der Waals surface area contributed by atoms with Gasteiger partial charge in [-0.25, -0.2) is 4.39 Å². The highest BCUT2D eigenvalue weighted by Crippen LogP contribution is 2.19. The first-order chi connectivity index (χ1) is 11.9. The first-order valence-corrected chi connectivity index (χ1v) is 9.79. The van der Waals surface area contributed by atoms with Crippen LogP contribution in [0.1, 0.15) is 26.0 Å². The number of benzene rings is 1. The van der Waals surface area contributed by atoms with Crippen LogP contribution in [0.15, 0.2) is 30.3 Å². The van der Waals surface area contributed by atoms with Gasteiger partial charge in [0.15, 0.2) is 0 Å². The van der Waals surface area contributed by atoms with Gasteiger partial charge in [-0.05, 0) is 31.0 Å². The lowest BCUT2D eigenvalue weighted by atomic mass is 10.1. The van der Waals surface area contributed by atoms with Crippen LogP contribution < -0.4 is 0 Å². The Morgan fingerprint density at radius 2 is 1.92 bits per heavy atom. The van der Waals surface area contributed by atoms with Crippen LogP contribution in [0.2, 0.25) is 0 Å². The van der Waals surface area contributed by atoms with E-state index in [-0.39, 0.29) is 5.82 Å². The molecule has 0 aliphatic carbocycles. The molecule has 1 N–H and O–H groups in total. The van der Waals surface area contributed by atoms with Gasteiger partial charge >= 0.3 is 0 Å². The van der Waals surface area contributed by atoms with Crippen LogP contribution in [0.25, 0.3) is 11.3 Å². The van der Waals surface area contributed by atoms with Crippen molar-refractivity contribution in [3.8, 4) is 11.3 Å². The maximum atomic E-state index is 13.3. The van der Waals surface area contributed by atoms with Crippen molar-refractivity contribution < 1.29 is 12.8 Å². The molecule has 0 saturated heterocycles. The van der Waals surface area contributed by atoms with Gasteiger partial charge in [-0.2, -0.15) is 22.1 Å². The Morgan fingerprint density at radius 1 is 1.20 bits per heavy atom. The number of hydrogen-bond acceptors (Lipinski definition) is 3. The monoisotopic (exact) mass is 368 g/mol. The zero-order chi connectivity index (χ0) is 18.4. The number of aromatic amines is 1. The first kappa shape index (κ1) is 19.6. The van der Waals surface area contributed by atoms with Crippen LogP contribution in [0.5, 0.6) is 0 Å². The van der Waals surface area contributed by atoms with Gasteiger partial charge < -0.3 is 0 Å². The molecule has 25 heavy (non-hydrogen) atoms. The fourth-order valence-electron chi connectivity index (χ4n) is 2.64. The Morgan fingerprint density at radius 3 is 2.56 bits per heavy atom. The first-order valence-electron chi connectivity index (χ1n) is 8.40. The Bertz CT molecular complexity index is 787. The van der Waals surface area contributed by atoms with E-state index in [1.165, 1.54) is 20.7 Å². The summed E-state index contributed by atoms with van der Waals surface area (Å²) in [4.78, 5) is 0. The molecule has 0 aliphatic rings. The molecular formula is C17H25FN4O2S. The van der Waals surface area contributed by atoms with Crippen molar-refractivity contribution in [2.75, 3.05) is 26.7 Å². The molecule has 0 fully saturated rings. The molecule has 0 unspecified atom stereocenters. The van der Waals surface area contributed by atoms with Crippen LogP contribution in [0, 0.1) is 5.82 Å². The van der Waals surface area contributed by atoms with Crippen molar-refractivity contribution in [2.24, 2.45) is 0 Å². The summed E-state index contributed by atoms with van der Waals surface area (Å²) in [6.07, 6.45) is 1.34. The molecule has 1 aromatic heterocycles. The lowest BCUT2D eigenvalue weighted by Gasteiger charge is -2.25. The highest BCUT2D eigenvalue weighted by atomic mass is 32.2. The van der Waals surface area contributed by atoms with Crippen LogP contribution in [0.4, 0.5) is 4.39 Å². The summed E-state index contributed by atoms with van der Waals surface area (Å²) < 4.78 is 40.8. The molecule has 0 atom stereocenters. The minimum atomic E-state index is -3.40. The summed E-state index contributed by atoms with van der Waals surface area (Å²) in [6, 6.07) is 8.14. The fourth-order valence-corrected chi connectivity index (χ4v) is 4.05. The Labute approximate surface area is 148 Å². The van der Waals surface area contributed by atoms with E-state index in [9.17, 15) is 12.8 Å². The van der Waals surface area contributed by atoms with Gasteiger partial charge in [-0.3, -0.25) is 5.10 Å². The summed E-state index contributed by atoms with van der Waals surface area (Å²) in [5, 5.41) is 7.13. The molecule has 0 bridgehead atoms. The topological polar surface area (TPSA) is 69.3 Å². The third-order valence-electron chi connectivity index (χ3n) is 4.10. The number of H-pyrrole nitrogens is 1. The van der Waals surface area contributed by atoms with E-state index >= 15 is 0 Å². The summed E-state index contributed by atoms with van der Waals surface area (Å²) in [5.41, 5.74) is 2.29. The van der Waals surface area contributed by atoms with Crippen LogP contribution >= 0.6 is 0 Å². The molecular weight excluding hydrogens is 343 g/mol. The van der Waals surface area contributed by atoms with E-state index in [0.29, 0.717) is 43.7 Å². The van der Waals surface area contributed by atoms with Gasteiger partial charge in [0.1, 0.15) is 5.82 Å². The van der Waals surface area contributed by atoms with Gasteiger partial charge in [0.05, 0.1) is 5.69 Å². The minimum Gasteiger partial charge on any atom is -0.282 e. The molecule has 6 nitrogen and oxygen atoms in total. The number of nitrogens with one attached hydrogen (secondary N) is 1. The molecule has 2 aromatic rings. The molecule has 138 valence electrons. The predicted octanol–water partition coefficient (Wildman–Crippen LogP) is 2.67. The van der Waals surface area contributed by atoms with Crippen molar-refractivity contribution in [3.63, 3.8) is 0 Å². The summed E-state index contributed by atoms with van der Waals surface area (Å²) in [7, 11) is -1.80. The number of aryl methyl sites for hydroxylation is 1. The third-order valence-corrected chi connectivity index (χ3v) is 6.24. The van der Waals surface area contributed by atoms with Crippen molar-refractivity contribution >= 4 is 10.2 Å². The third kappa shape index (κ3) is 4.87. The predicted molar refractivity (Wildman–Crippen MR) is 96.8 cm³/mol. The van der Waals surface area contributed by atoms with Crippen LogP contribution in [-0.4, -0.2) is 53.9 Å². The summed E-state index contributed by atoms with van der Waals surface area (Å²) in [6.45, 7) is 5.00. The van der Waals surface area contributed by atoms with Gasteiger partial charge in [0.2, 0.25) is 0 Å². The van der Waals surface area contributed by atoms with E-state index in [2.05, 4.69) is 10.2 Å². The molecule has 8 heteroatoms. The van der Waals surface area contributed by atoms with Gasteiger partial charge in [-0.15, -0.1) is 0 Å². The quantitative estimate of drug-likeness (QED) is 0.740. The largest absolute Gasteiger partial charge is 0.282 e. The van der Waals surface area contributed by atoms with Gasteiger partial charge in [0, 0.05) is 37.9 Å². The van der Waals surface area contributed by atoms with Gasteiger partial charge in [0.25, 0.3) is 10.2 Å². The summed E-state index contributed by atoms with van der Waals surface area (Å²) >= 11 is 0. The van der Waals surface area contributed by atoms with E-state index in [0.717, 1.165) is 5.69 Å². The molecule has 0 radical (unpaired) electrons. The molecule has 1 aromatic carbocycles. The van der Waals surface area contributed by atoms with Crippen molar-refractivity contribution in [1.29, 1.82) is 0 Å².